The zero-order valence-electron chi connectivity index (χ0n) is 13.2. The highest BCUT2D eigenvalue weighted by Crippen LogP contribution is 2.12. The average molecular weight is 196 g/mol. The molecule has 2 aromatic heterocycles. The van der Waals surface area contributed by atoms with Gasteiger partial charge >= 0.3 is 5.97 Å². The van der Waals surface area contributed by atoms with E-state index in [-0.39, 0.29) is 17.0 Å². The van der Waals surface area contributed by atoms with Crippen molar-refractivity contribution in [2.24, 2.45) is 0 Å². The van der Waals surface area contributed by atoms with Gasteiger partial charge < -0.3 is 5.11 Å². The van der Waals surface area contributed by atoms with Gasteiger partial charge in [-0.15, -0.1) is 0 Å². The lowest BCUT2D eigenvalue weighted by atomic mass is 10.3. The van der Waals surface area contributed by atoms with E-state index in [2.05, 4.69) is 4.98 Å². The second-order valence-electron chi connectivity index (χ2n) is 2.75. The fraction of sp³-hybridized carbons (Fsp3) is 0.200. The van der Waals surface area contributed by atoms with E-state index in [9.17, 15) is 4.79 Å². The van der Waals surface area contributed by atoms with Crippen LogP contribution >= 0.6 is 0 Å². The van der Waals surface area contributed by atoms with E-state index >= 15 is 0 Å². The van der Waals surface area contributed by atoms with Crippen LogP contribution in [0.2, 0.25) is 0 Å². The highest BCUT2D eigenvalue weighted by atomic mass is 16.4. The van der Waals surface area contributed by atoms with Gasteiger partial charge in [-0.3, -0.25) is 4.40 Å². The van der Waals surface area contributed by atoms with Gasteiger partial charge in [0.25, 0.3) is 0 Å². The smallest absolute Gasteiger partial charge is 0.354 e. The first-order valence-electron chi connectivity index (χ1n) is 6.80. The summed E-state index contributed by atoms with van der Waals surface area (Å²) in [5, 5.41) is 9.14. The Labute approximate surface area is 89.2 Å². The Morgan fingerprint density at radius 2 is 2.50 bits per heavy atom. The van der Waals surface area contributed by atoms with Gasteiger partial charge in [0.2, 0.25) is 0 Å². The molecule has 2 aromatic rings. The van der Waals surface area contributed by atoms with Gasteiger partial charge in [-0.2, -0.15) is 0 Å². The normalized spacial score (nSPS) is 17.8. The number of rotatable bonds is 1. The van der Waals surface area contributed by atoms with Gasteiger partial charge in [-0.1, -0.05) is 6.04 Å². The molecule has 2 rings (SSSR count). The molecule has 1 N–H and O–H groups in total. The molecular formula is C10H10N2O2. The predicted molar refractivity (Wildman–Crippen MR) is 51.6 cm³/mol. The van der Waals surface area contributed by atoms with E-state index in [0.29, 0.717) is 0 Å². The first-order chi connectivity index (χ1) is 9.07. The summed E-state index contributed by atoms with van der Waals surface area (Å²) in [7, 11) is 0. The van der Waals surface area contributed by atoms with Crippen LogP contribution in [0.3, 0.4) is 0 Å². The third-order valence-electron chi connectivity index (χ3n) is 1.78. The molecule has 0 saturated carbocycles. The van der Waals surface area contributed by atoms with E-state index in [1.54, 1.807) is 0 Å². The van der Waals surface area contributed by atoms with Crippen molar-refractivity contribution in [2.75, 3.05) is 0 Å². The van der Waals surface area contributed by atoms with Gasteiger partial charge in [0.15, 0.2) is 5.69 Å². The zero-order chi connectivity index (χ0) is 15.4. The molecule has 0 fully saturated rings. The van der Waals surface area contributed by atoms with Crippen LogP contribution in [-0.2, 0) is 0 Å². The fourth-order valence-corrected chi connectivity index (χ4v) is 1.23. The molecule has 4 heteroatoms. The Kier molecular flexibility index (Phi) is 0.835. The van der Waals surface area contributed by atoms with E-state index in [1.165, 1.54) is 6.92 Å². The minimum Gasteiger partial charge on any atom is -0.477 e. The molecule has 72 valence electrons. The SMILES string of the molecule is [2H]c1c(C([2H])([2H])[2H])c([2H])n2c(C(=O)O)c(C)nc2c1[2H]. The summed E-state index contributed by atoms with van der Waals surface area (Å²) < 4.78 is 46.1. The first-order valence-corrected chi connectivity index (χ1v) is 3.80. The van der Waals surface area contributed by atoms with Crippen molar-refractivity contribution in [1.29, 1.82) is 0 Å². The molecule has 0 bridgehead atoms. The standard InChI is InChI=1S/C10H10N2O2/c1-6-3-4-8-11-7(2)9(10(13)14)12(8)5-6/h3-5H,1-2H3,(H,13,14)/i1D3,3D,4D,5D. The van der Waals surface area contributed by atoms with Crippen LogP contribution in [0.15, 0.2) is 18.3 Å². The largest absolute Gasteiger partial charge is 0.477 e. The van der Waals surface area contributed by atoms with E-state index in [4.69, 9.17) is 13.3 Å². The highest BCUT2D eigenvalue weighted by Gasteiger charge is 2.14. The number of aromatic carboxylic acids is 1. The Balaban J connectivity index is 3.08. The summed E-state index contributed by atoms with van der Waals surface area (Å²) in [6.45, 7) is -1.40. The predicted octanol–water partition coefficient (Wildman–Crippen LogP) is 1.65. The van der Waals surface area contributed by atoms with Crippen LogP contribution in [0, 0.1) is 13.8 Å². The van der Waals surface area contributed by atoms with Crippen molar-refractivity contribution in [3.8, 4) is 0 Å². The Hall–Kier alpha value is -1.84. The summed E-state index contributed by atoms with van der Waals surface area (Å²) in [6, 6.07) is -1.15. The molecule has 4 nitrogen and oxygen atoms in total. The van der Waals surface area contributed by atoms with Crippen molar-refractivity contribution in [2.45, 2.75) is 13.8 Å². The van der Waals surface area contributed by atoms with Crippen LogP contribution in [0.4, 0.5) is 0 Å². The van der Waals surface area contributed by atoms with Crippen LogP contribution in [-0.4, -0.2) is 20.5 Å². The summed E-state index contributed by atoms with van der Waals surface area (Å²) in [5.41, 5.74) is -1.18. The molecule has 0 saturated heterocycles. The number of aromatic nitrogens is 2. The molecule has 2 heterocycles. The van der Waals surface area contributed by atoms with E-state index < -0.39 is 36.6 Å². The zero-order valence-corrected chi connectivity index (χ0v) is 7.25. The Morgan fingerprint density at radius 1 is 1.71 bits per heavy atom. The number of carboxylic acids is 1. The molecule has 0 aliphatic rings. The molecule has 0 radical (unpaired) electrons. The topological polar surface area (TPSA) is 54.6 Å². The lowest BCUT2D eigenvalue weighted by molar-refractivity contribution is 0.0688. The van der Waals surface area contributed by atoms with Crippen LogP contribution < -0.4 is 0 Å². The maximum atomic E-state index is 11.2. The van der Waals surface area contributed by atoms with Crippen LogP contribution in [0.25, 0.3) is 5.65 Å². The van der Waals surface area contributed by atoms with Crippen molar-refractivity contribution in [3.05, 3.63) is 35.2 Å². The number of hydrogen-bond acceptors (Lipinski definition) is 2. The summed E-state index contributed by atoms with van der Waals surface area (Å²) in [6.07, 6.45) is -0.654. The van der Waals surface area contributed by atoms with Crippen molar-refractivity contribution < 1.29 is 18.1 Å². The van der Waals surface area contributed by atoms with Gasteiger partial charge in [-0.05, 0) is 25.4 Å². The number of pyridine rings is 1. The monoisotopic (exact) mass is 196 g/mol. The van der Waals surface area contributed by atoms with Crippen molar-refractivity contribution >= 4 is 11.6 Å². The molecule has 14 heavy (non-hydrogen) atoms. The van der Waals surface area contributed by atoms with Crippen LogP contribution in [0.1, 0.15) is 30.0 Å². The molecule has 0 amide bonds. The van der Waals surface area contributed by atoms with Crippen molar-refractivity contribution in [3.63, 3.8) is 0 Å². The number of aryl methyl sites for hydroxylation is 1. The molecule has 0 unspecified atom stereocenters. The van der Waals surface area contributed by atoms with E-state index in [0.717, 1.165) is 4.40 Å². The van der Waals surface area contributed by atoms with Gasteiger partial charge in [-0.25, -0.2) is 9.78 Å². The van der Waals surface area contributed by atoms with Gasteiger partial charge in [0.1, 0.15) is 5.65 Å². The molecule has 0 atom stereocenters. The first kappa shape index (κ1) is 4.13. The number of carboxylic acid groups (broad SMARTS) is 1. The highest BCUT2D eigenvalue weighted by molar-refractivity contribution is 5.88. The molecule has 0 aromatic carbocycles. The number of imidazole rings is 1. The lowest BCUT2D eigenvalue weighted by Crippen LogP contribution is -2.03. The molecule has 0 aliphatic carbocycles. The number of hydrogen-bond donors (Lipinski definition) is 1. The van der Waals surface area contributed by atoms with Gasteiger partial charge in [0.05, 0.1) is 9.81 Å². The Morgan fingerprint density at radius 3 is 3.14 bits per heavy atom. The number of carbonyl (C=O) groups is 1. The minimum absolute atomic E-state index is 0.0570. The molecule has 0 aliphatic heterocycles. The minimum atomic E-state index is -2.79. The summed E-state index contributed by atoms with van der Waals surface area (Å²) in [5.74, 6) is -1.38. The maximum Gasteiger partial charge on any atom is 0.354 e. The third-order valence-corrected chi connectivity index (χ3v) is 1.78. The quantitative estimate of drug-likeness (QED) is 0.754. The lowest BCUT2D eigenvalue weighted by Gasteiger charge is -1.98. The van der Waals surface area contributed by atoms with Crippen molar-refractivity contribution in [1.82, 2.24) is 9.38 Å². The summed E-state index contributed by atoms with van der Waals surface area (Å²) >= 11 is 0. The Bertz CT molecular complexity index is 734. The third kappa shape index (κ3) is 1.16. The maximum absolute atomic E-state index is 11.2. The molecular weight excluding hydrogens is 180 g/mol. The summed E-state index contributed by atoms with van der Waals surface area (Å²) in [4.78, 5) is 15.1. The second-order valence-corrected chi connectivity index (χ2v) is 2.75. The van der Waals surface area contributed by atoms with Gasteiger partial charge in [0, 0.05) is 10.3 Å². The fourth-order valence-electron chi connectivity index (χ4n) is 1.23. The average Bonchev–Trinajstić information content (AvgIpc) is 2.62. The number of fused-ring (bicyclic) bond motifs is 1. The van der Waals surface area contributed by atoms with E-state index in [1.807, 2.05) is 0 Å². The molecule has 0 spiro atoms. The van der Waals surface area contributed by atoms with Crippen LogP contribution in [0.5, 0.6) is 0 Å². The number of nitrogens with zero attached hydrogens (tertiary/aromatic N) is 2. The second kappa shape index (κ2) is 2.83.